The highest BCUT2D eigenvalue weighted by atomic mass is 127. The molecule has 1 aliphatic rings. The lowest BCUT2D eigenvalue weighted by Crippen LogP contribution is -2.48. The lowest BCUT2D eigenvalue weighted by molar-refractivity contribution is -0.00805. The van der Waals surface area contributed by atoms with Crippen molar-refractivity contribution in [2.75, 3.05) is 26.2 Å². The van der Waals surface area contributed by atoms with Gasteiger partial charge in [-0.1, -0.05) is 22.0 Å². The summed E-state index contributed by atoms with van der Waals surface area (Å²) >= 11 is 3.52. The SMILES string of the molecule is CCNC(=NCc1ccc(Br)cc1C)N1CCOC(c2cnn(C)c2)C1.I. The second kappa shape index (κ2) is 10.4. The number of benzene rings is 1. The van der Waals surface area contributed by atoms with Gasteiger partial charge in [-0.05, 0) is 37.1 Å². The fourth-order valence-corrected chi connectivity index (χ4v) is 3.55. The summed E-state index contributed by atoms with van der Waals surface area (Å²) in [6.45, 7) is 8.01. The van der Waals surface area contributed by atoms with Crippen LogP contribution in [0.3, 0.4) is 0 Å². The summed E-state index contributed by atoms with van der Waals surface area (Å²) in [6, 6.07) is 6.33. The van der Waals surface area contributed by atoms with Crippen LogP contribution in [0, 0.1) is 6.92 Å². The minimum absolute atomic E-state index is 0. The molecule has 1 unspecified atom stereocenters. The van der Waals surface area contributed by atoms with Crippen LogP contribution in [0.15, 0.2) is 40.1 Å². The average Bonchev–Trinajstić information content (AvgIpc) is 3.06. The first-order valence-electron chi connectivity index (χ1n) is 8.95. The number of halogens is 2. The van der Waals surface area contributed by atoms with Crippen LogP contribution in [-0.2, 0) is 18.3 Å². The van der Waals surface area contributed by atoms with Gasteiger partial charge in [-0.2, -0.15) is 5.10 Å². The Hall–Kier alpha value is -1.13. The van der Waals surface area contributed by atoms with Gasteiger partial charge >= 0.3 is 0 Å². The summed E-state index contributed by atoms with van der Waals surface area (Å²) in [5, 5.41) is 7.68. The normalized spacial score (nSPS) is 17.6. The predicted molar refractivity (Wildman–Crippen MR) is 123 cm³/mol. The van der Waals surface area contributed by atoms with E-state index < -0.39 is 0 Å². The molecule has 2 aromatic rings. The van der Waals surface area contributed by atoms with Gasteiger partial charge in [-0.25, -0.2) is 4.99 Å². The maximum Gasteiger partial charge on any atom is 0.194 e. The number of aromatic nitrogens is 2. The van der Waals surface area contributed by atoms with E-state index >= 15 is 0 Å². The quantitative estimate of drug-likeness (QED) is 0.361. The maximum atomic E-state index is 5.95. The van der Waals surface area contributed by atoms with Crippen LogP contribution in [-0.4, -0.2) is 46.9 Å². The van der Waals surface area contributed by atoms with Crippen LogP contribution >= 0.6 is 39.9 Å². The van der Waals surface area contributed by atoms with E-state index in [2.05, 4.69) is 63.3 Å². The second-order valence-electron chi connectivity index (χ2n) is 6.49. The molecule has 1 atom stereocenters. The third-order valence-electron chi connectivity index (χ3n) is 4.50. The van der Waals surface area contributed by atoms with Crippen molar-refractivity contribution in [3.63, 3.8) is 0 Å². The zero-order valence-electron chi connectivity index (χ0n) is 16.0. The lowest BCUT2D eigenvalue weighted by atomic mass is 10.1. The molecule has 1 aromatic heterocycles. The van der Waals surface area contributed by atoms with Crippen LogP contribution < -0.4 is 5.32 Å². The first kappa shape index (κ1) is 22.2. The molecule has 1 N–H and O–H groups in total. The van der Waals surface area contributed by atoms with Crippen LogP contribution in [0.4, 0.5) is 0 Å². The van der Waals surface area contributed by atoms with Crippen molar-refractivity contribution in [2.24, 2.45) is 12.0 Å². The van der Waals surface area contributed by atoms with E-state index in [1.54, 1.807) is 0 Å². The Bertz CT molecular complexity index is 779. The Morgan fingerprint density at radius 3 is 2.93 bits per heavy atom. The summed E-state index contributed by atoms with van der Waals surface area (Å²) in [4.78, 5) is 7.15. The van der Waals surface area contributed by atoms with Crippen LogP contribution in [0.1, 0.15) is 29.7 Å². The molecule has 3 rings (SSSR count). The zero-order chi connectivity index (χ0) is 18.5. The Balaban J connectivity index is 0.00000261. The molecule has 6 nitrogen and oxygen atoms in total. The van der Waals surface area contributed by atoms with Gasteiger partial charge in [0.2, 0.25) is 0 Å². The zero-order valence-corrected chi connectivity index (χ0v) is 19.9. The fourth-order valence-electron chi connectivity index (χ4n) is 3.07. The minimum Gasteiger partial charge on any atom is -0.370 e. The predicted octanol–water partition coefficient (Wildman–Crippen LogP) is 3.65. The third kappa shape index (κ3) is 5.92. The largest absolute Gasteiger partial charge is 0.370 e. The molecule has 1 saturated heterocycles. The number of nitrogens with one attached hydrogen (secondary N) is 1. The topological polar surface area (TPSA) is 54.7 Å². The van der Waals surface area contributed by atoms with Crippen molar-refractivity contribution >= 4 is 45.9 Å². The molecule has 0 radical (unpaired) electrons. The van der Waals surface area contributed by atoms with E-state index in [-0.39, 0.29) is 30.1 Å². The van der Waals surface area contributed by atoms with Gasteiger partial charge in [0, 0.05) is 36.4 Å². The van der Waals surface area contributed by atoms with Crippen molar-refractivity contribution in [3.05, 3.63) is 51.8 Å². The first-order chi connectivity index (χ1) is 12.6. The Morgan fingerprint density at radius 2 is 2.26 bits per heavy atom. The lowest BCUT2D eigenvalue weighted by Gasteiger charge is -2.34. The molecule has 1 aliphatic heterocycles. The van der Waals surface area contributed by atoms with Gasteiger partial charge in [0.1, 0.15) is 6.10 Å². The summed E-state index contributed by atoms with van der Waals surface area (Å²) < 4.78 is 8.86. The number of hydrogen-bond donors (Lipinski definition) is 1. The molecule has 0 amide bonds. The van der Waals surface area contributed by atoms with Crippen LogP contribution in [0.25, 0.3) is 0 Å². The number of hydrogen-bond acceptors (Lipinski definition) is 3. The van der Waals surface area contributed by atoms with Crippen molar-refractivity contribution < 1.29 is 4.74 Å². The van der Waals surface area contributed by atoms with E-state index in [0.717, 1.165) is 35.6 Å². The third-order valence-corrected chi connectivity index (χ3v) is 4.99. The Labute approximate surface area is 186 Å². The van der Waals surface area contributed by atoms with Crippen molar-refractivity contribution in [1.29, 1.82) is 0 Å². The molecular formula is C19H27BrIN5O. The fraction of sp³-hybridized carbons (Fsp3) is 0.474. The minimum atomic E-state index is 0. The second-order valence-corrected chi connectivity index (χ2v) is 7.41. The van der Waals surface area contributed by atoms with E-state index in [1.165, 1.54) is 11.1 Å². The molecule has 0 aliphatic carbocycles. The first-order valence-corrected chi connectivity index (χ1v) is 9.74. The average molecular weight is 548 g/mol. The summed E-state index contributed by atoms with van der Waals surface area (Å²) in [5.41, 5.74) is 3.59. The molecule has 0 spiro atoms. The summed E-state index contributed by atoms with van der Waals surface area (Å²) in [5.74, 6) is 0.937. The molecule has 2 heterocycles. The molecule has 27 heavy (non-hydrogen) atoms. The smallest absolute Gasteiger partial charge is 0.194 e. The van der Waals surface area contributed by atoms with Gasteiger partial charge < -0.3 is 15.0 Å². The van der Waals surface area contributed by atoms with E-state index in [1.807, 2.05) is 24.1 Å². The highest BCUT2D eigenvalue weighted by Crippen LogP contribution is 2.22. The molecular weight excluding hydrogens is 521 g/mol. The highest BCUT2D eigenvalue weighted by Gasteiger charge is 2.25. The Kier molecular flexibility index (Phi) is 8.56. The van der Waals surface area contributed by atoms with Crippen molar-refractivity contribution in [1.82, 2.24) is 20.0 Å². The summed E-state index contributed by atoms with van der Waals surface area (Å²) in [7, 11) is 1.93. The standard InChI is InChI=1S/C19H26BrN5O.HI/c1-4-21-19(22-10-15-5-6-17(20)9-14(15)2)25-7-8-26-18(13-25)16-11-23-24(3)12-16;/h5-6,9,11-12,18H,4,7-8,10,13H2,1-3H3,(H,21,22);1H. The molecule has 0 bridgehead atoms. The van der Waals surface area contributed by atoms with E-state index in [4.69, 9.17) is 9.73 Å². The van der Waals surface area contributed by atoms with Crippen molar-refractivity contribution in [3.8, 4) is 0 Å². The van der Waals surface area contributed by atoms with Gasteiger partial charge in [0.25, 0.3) is 0 Å². The molecule has 0 saturated carbocycles. The number of rotatable bonds is 4. The van der Waals surface area contributed by atoms with Crippen molar-refractivity contribution in [2.45, 2.75) is 26.5 Å². The summed E-state index contributed by atoms with van der Waals surface area (Å²) in [6.07, 6.45) is 3.92. The van der Waals surface area contributed by atoms with Crippen LogP contribution in [0.2, 0.25) is 0 Å². The van der Waals surface area contributed by atoms with Gasteiger partial charge in [-0.15, -0.1) is 24.0 Å². The van der Waals surface area contributed by atoms with E-state index in [0.29, 0.717) is 13.2 Å². The Morgan fingerprint density at radius 1 is 1.44 bits per heavy atom. The molecule has 1 aromatic carbocycles. The number of aliphatic imine (C=N–C) groups is 1. The number of aryl methyl sites for hydroxylation is 2. The monoisotopic (exact) mass is 547 g/mol. The maximum absolute atomic E-state index is 5.95. The van der Waals surface area contributed by atoms with Crippen LogP contribution in [0.5, 0.6) is 0 Å². The molecule has 1 fully saturated rings. The highest BCUT2D eigenvalue weighted by molar-refractivity contribution is 14.0. The van der Waals surface area contributed by atoms with Gasteiger partial charge in [0.05, 0.1) is 25.9 Å². The number of ether oxygens (including phenoxy) is 1. The molecule has 148 valence electrons. The van der Waals surface area contributed by atoms with Gasteiger partial charge in [0.15, 0.2) is 5.96 Å². The number of guanidine groups is 1. The van der Waals surface area contributed by atoms with Gasteiger partial charge in [-0.3, -0.25) is 4.68 Å². The molecule has 8 heteroatoms. The number of morpholine rings is 1. The van der Waals surface area contributed by atoms with E-state index in [9.17, 15) is 0 Å². The number of nitrogens with zero attached hydrogens (tertiary/aromatic N) is 4.